The Morgan fingerprint density at radius 3 is 2.74 bits per heavy atom. The quantitative estimate of drug-likeness (QED) is 0.479. The van der Waals surface area contributed by atoms with Crippen molar-refractivity contribution in [3.8, 4) is 11.3 Å². The number of benzene rings is 1. The third-order valence-corrected chi connectivity index (χ3v) is 5.33. The van der Waals surface area contributed by atoms with E-state index in [2.05, 4.69) is 43.3 Å². The maximum atomic E-state index is 12.5. The summed E-state index contributed by atoms with van der Waals surface area (Å²) in [6, 6.07) is 7.70. The van der Waals surface area contributed by atoms with E-state index in [1.165, 1.54) is 0 Å². The number of aromatic amines is 1. The average molecular weight is 422 g/mol. The lowest BCUT2D eigenvalue weighted by atomic mass is 10.1. The van der Waals surface area contributed by atoms with Crippen LogP contribution in [0.5, 0.6) is 0 Å². The number of para-hydroxylation sites is 1. The molecule has 0 bridgehead atoms. The molecule has 1 aliphatic heterocycles. The molecule has 0 fully saturated rings. The molecule has 1 unspecified atom stereocenters. The summed E-state index contributed by atoms with van der Waals surface area (Å²) in [5, 5.41) is 6.44. The minimum Gasteiger partial charge on any atom is -0.379 e. The summed E-state index contributed by atoms with van der Waals surface area (Å²) in [7, 11) is 0. The Morgan fingerprint density at radius 2 is 2.00 bits per heavy atom. The van der Waals surface area contributed by atoms with E-state index in [0.29, 0.717) is 18.8 Å². The zero-order chi connectivity index (χ0) is 22.2. The van der Waals surface area contributed by atoms with Crippen molar-refractivity contribution in [2.45, 2.75) is 59.0 Å². The Balaban J connectivity index is 1.70. The number of fused-ring (bicyclic) bond motifs is 2. The second-order valence-electron chi connectivity index (χ2n) is 9.17. The number of hydrogen-bond acceptors (Lipinski definition) is 5. The van der Waals surface area contributed by atoms with E-state index >= 15 is 0 Å². The second kappa shape index (κ2) is 8.30. The van der Waals surface area contributed by atoms with Crippen LogP contribution in [0.4, 0.5) is 5.82 Å². The number of unbranched alkanes of at least 4 members (excludes halogenated alkanes) is 1. The van der Waals surface area contributed by atoms with Gasteiger partial charge in [-0.25, -0.2) is 9.97 Å². The van der Waals surface area contributed by atoms with Crippen molar-refractivity contribution in [2.24, 2.45) is 0 Å². The number of aryl methyl sites for hydroxylation is 1. The Kier molecular flexibility index (Phi) is 5.71. The van der Waals surface area contributed by atoms with Crippen LogP contribution in [0.15, 0.2) is 24.3 Å². The van der Waals surface area contributed by atoms with Gasteiger partial charge in [-0.15, -0.1) is 0 Å². The van der Waals surface area contributed by atoms with E-state index < -0.39 is 0 Å². The zero-order valence-electron chi connectivity index (χ0n) is 18.9. The number of carbonyl (C=O) groups excluding carboxylic acids is 1. The number of nitrogens with zero attached hydrogens (tertiary/aromatic N) is 2. The molecule has 0 spiro atoms. The average Bonchev–Trinajstić information content (AvgIpc) is 3.25. The lowest BCUT2D eigenvalue weighted by Gasteiger charge is -2.22. The second-order valence-corrected chi connectivity index (χ2v) is 9.17. The van der Waals surface area contributed by atoms with Crippen LogP contribution in [0.1, 0.15) is 68.3 Å². The van der Waals surface area contributed by atoms with Gasteiger partial charge in [0.2, 0.25) is 0 Å². The van der Waals surface area contributed by atoms with Crippen LogP contribution in [0, 0.1) is 6.92 Å². The monoisotopic (exact) mass is 421 g/mol. The summed E-state index contributed by atoms with van der Waals surface area (Å²) >= 11 is 0. The Hall–Kier alpha value is -2.93. The summed E-state index contributed by atoms with van der Waals surface area (Å²) in [5.74, 6) is 0.699. The highest BCUT2D eigenvalue weighted by Crippen LogP contribution is 2.33. The van der Waals surface area contributed by atoms with Crippen LogP contribution in [0.25, 0.3) is 22.3 Å². The SMILES string of the molecule is CCCCOCC1NC(=O)c2cc(-c3cccc4nc(C)c(NC(C)(C)C)nc34)[nH]c21. The first-order valence-electron chi connectivity index (χ1n) is 10.9. The highest BCUT2D eigenvalue weighted by atomic mass is 16.5. The van der Waals surface area contributed by atoms with E-state index in [1.807, 2.05) is 31.2 Å². The van der Waals surface area contributed by atoms with Gasteiger partial charge in [-0.1, -0.05) is 25.5 Å². The smallest absolute Gasteiger partial charge is 0.253 e. The Labute approximate surface area is 183 Å². The fraction of sp³-hybridized carbons (Fsp3) is 0.458. The predicted octanol–water partition coefficient (Wildman–Crippen LogP) is 4.74. The molecule has 1 aliphatic rings. The first kappa shape index (κ1) is 21.3. The molecule has 31 heavy (non-hydrogen) atoms. The van der Waals surface area contributed by atoms with Crippen molar-refractivity contribution in [2.75, 3.05) is 18.5 Å². The third-order valence-electron chi connectivity index (χ3n) is 5.33. The van der Waals surface area contributed by atoms with E-state index in [0.717, 1.165) is 52.3 Å². The molecule has 0 aliphatic carbocycles. The van der Waals surface area contributed by atoms with E-state index in [-0.39, 0.29) is 17.5 Å². The number of nitrogens with one attached hydrogen (secondary N) is 3. The van der Waals surface area contributed by atoms with Crippen LogP contribution in [0.3, 0.4) is 0 Å². The molecule has 0 radical (unpaired) electrons. The van der Waals surface area contributed by atoms with Crippen LogP contribution >= 0.6 is 0 Å². The lowest BCUT2D eigenvalue weighted by Crippen LogP contribution is -2.27. The molecule has 3 N–H and O–H groups in total. The van der Waals surface area contributed by atoms with Crippen molar-refractivity contribution < 1.29 is 9.53 Å². The normalized spacial score (nSPS) is 15.9. The first-order chi connectivity index (χ1) is 14.8. The molecule has 164 valence electrons. The number of ether oxygens (including phenoxy) is 1. The number of rotatable bonds is 7. The number of carbonyl (C=O) groups is 1. The van der Waals surface area contributed by atoms with E-state index in [4.69, 9.17) is 14.7 Å². The number of anilines is 1. The van der Waals surface area contributed by atoms with Crippen molar-refractivity contribution in [3.05, 3.63) is 41.2 Å². The van der Waals surface area contributed by atoms with Gasteiger partial charge in [-0.05, 0) is 46.2 Å². The molecule has 7 heteroatoms. The fourth-order valence-corrected chi connectivity index (χ4v) is 3.82. The number of hydrogen-bond donors (Lipinski definition) is 3. The van der Waals surface area contributed by atoms with Gasteiger partial charge in [0.25, 0.3) is 5.91 Å². The third kappa shape index (κ3) is 4.42. The molecular weight excluding hydrogens is 390 g/mol. The molecule has 1 atom stereocenters. The standard InChI is InChI=1S/C24H31N5O2/c1-6-7-11-31-13-19-21-16(23(30)27-19)12-18(26-21)15-9-8-10-17-20(15)28-22(14(2)25-17)29-24(3,4)5/h8-10,12,19,26H,6-7,11,13H2,1-5H3,(H,27,30)(H,28,29). The molecule has 1 aromatic carbocycles. The highest BCUT2D eigenvalue weighted by Gasteiger charge is 2.31. The minimum atomic E-state index is -0.158. The van der Waals surface area contributed by atoms with Crippen molar-refractivity contribution in [1.29, 1.82) is 0 Å². The molecule has 7 nitrogen and oxygen atoms in total. The van der Waals surface area contributed by atoms with E-state index in [9.17, 15) is 4.79 Å². The number of aromatic nitrogens is 3. The molecule has 4 rings (SSSR count). The minimum absolute atomic E-state index is 0.0705. The van der Waals surface area contributed by atoms with Gasteiger partial charge in [0.1, 0.15) is 11.3 Å². The Morgan fingerprint density at radius 1 is 1.19 bits per heavy atom. The van der Waals surface area contributed by atoms with Gasteiger partial charge in [-0.2, -0.15) is 0 Å². The molecular formula is C24H31N5O2. The lowest BCUT2D eigenvalue weighted by molar-refractivity contribution is 0.0871. The van der Waals surface area contributed by atoms with Gasteiger partial charge in [0.15, 0.2) is 0 Å². The number of H-pyrrole nitrogens is 1. The van der Waals surface area contributed by atoms with Crippen LogP contribution in [0.2, 0.25) is 0 Å². The molecule has 0 saturated carbocycles. The van der Waals surface area contributed by atoms with Crippen molar-refractivity contribution >= 4 is 22.8 Å². The Bertz CT molecular complexity index is 1110. The molecule has 1 amide bonds. The summed E-state index contributed by atoms with van der Waals surface area (Å²) in [6.07, 6.45) is 2.10. The van der Waals surface area contributed by atoms with Crippen LogP contribution in [-0.2, 0) is 4.74 Å². The summed E-state index contributed by atoms with van der Waals surface area (Å²) < 4.78 is 5.76. The van der Waals surface area contributed by atoms with E-state index in [1.54, 1.807) is 0 Å². The maximum absolute atomic E-state index is 12.5. The summed E-state index contributed by atoms with van der Waals surface area (Å²) in [5.41, 5.74) is 5.70. The maximum Gasteiger partial charge on any atom is 0.253 e. The topological polar surface area (TPSA) is 91.9 Å². The van der Waals surface area contributed by atoms with Gasteiger partial charge in [0, 0.05) is 23.4 Å². The highest BCUT2D eigenvalue weighted by molar-refractivity contribution is 6.01. The van der Waals surface area contributed by atoms with Crippen LogP contribution in [-0.4, -0.2) is 39.6 Å². The van der Waals surface area contributed by atoms with Gasteiger partial charge < -0.3 is 20.4 Å². The molecule has 2 aromatic heterocycles. The van der Waals surface area contributed by atoms with Gasteiger partial charge >= 0.3 is 0 Å². The fourth-order valence-electron chi connectivity index (χ4n) is 3.82. The number of amides is 1. The van der Waals surface area contributed by atoms with Crippen molar-refractivity contribution in [1.82, 2.24) is 20.3 Å². The largest absolute Gasteiger partial charge is 0.379 e. The summed E-state index contributed by atoms with van der Waals surface area (Å²) in [4.78, 5) is 25.6. The zero-order valence-corrected chi connectivity index (χ0v) is 18.9. The van der Waals surface area contributed by atoms with Gasteiger partial charge in [-0.3, -0.25) is 4.79 Å². The molecule has 0 saturated heterocycles. The predicted molar refractivity (Wildman–Crippen MR) is 123 cm³/mol. The first-order valence-corrected chi connectivity index (χ1v) is 10.9. The van der Waals surface area contributed by atoms with Gasteiger partial charge in [0.05, 0.1) is 35.1 Å². The summed E-state index contributed by atoms with van der Waals surface area (Å²) in [6.45, 7) is 11.6. The van der Waals surface area contributed by atoms with Crippen molar-refractivity contribution in [3.63, 3.8) is 0 Å². The molecule has 3 heterocycles. The van der Waals surface area contributed by atoms with Crippen LogP contribution < -0.4 is 10.6 Å². The molecule has 3 aromatic rings.